The van der Waals surface area contributed by atoms with Gasteiger partial charge in [-0.3, -0.25) is 4.90 Å². The lowest BCUT2D eigenvalue weighted by atomic mass is 10.0. The second kappa shape index (κ2) is 8.36. The number of piperazine rings is 1. The summed E-state index contributed by atoms with van der Waals surface area (Å²) in [6.45, 7) is 7.90. The van der Waals surface area contributed by atoms with Gasteiger partial charge in [0.2, 0.25) is 0 Å². The van der Waals surface area contributed by atoms with E-state index in [4.69, 9.17) is 9.47 Å². The monoisotopic (exact) mass is 307 g/mol. The highest BCUT2D eigenvalue weighted by molar-refractivity contribution is 5.44. The molecule has 0 bridgehead atoms. The lowest BCUT2D eigenvalue weighted by molar-refractivity contribution is 0.144. The summed E-state index contributed by atoms with van der Waals surface area (Å²) in [5.74, 6) is 1.64. The fraction of sp³-hybridized carbons (Fsp3) is 0.647. The van der Waals surface area contributed by atoms with E-state index in [1.165, 1.54) is 5.56 Å². The predicted molar refractivity (Wildman–Crippen MR) is 89.9 cm³/mol. The fourth-order valence-corrected chi connectivity index (χ4v) is 2.94. The highest BCUT2D eigenvalue weighted by atomic mass is 16.5. The lowest BCUT2D eigenvalue weighted by Crippen LogP contribution is -2.47. The maximum atomic E-state index is 5.63. The molecule has 1 heterocycles. The van der Waals surface area contributed by atoms with E-state index in [1.807, 2.05) is 13.0 Å². The molecule has 1 aliphatic heterocycles. The van der Waals surface area contributed by atoms with Crippen molar-refractivity contribution in [3.63, 3.8) is 0 Å². The summed E-state index contributed by atoms with van der Waals surface area (Å²) in [6.07, 6.45) is 0. The smallest absolute Gasteiger partial charge is 0.161 e. The number of hydrogen-bond donors (Lipinski definition) is 1. The third-order valence-electron chi connectivity index (χ3n) is 4.00. The van der Waals surface area contributed by atoms with Crippen molar-refractivity contribution in [2.75, 3.05) is 60.5 Å². The van der Waals surface area contributed by atoms with E-state index in [2.05, 4.69) is 41.3 Å². The Morgan fingerprint density at radius 1 is 1.23 bits per heavy atom. The summed E-state index contributed by atoms with van der Waals surface area (Å²) in [6, 6.07) is 6.70. The van der Waals surface area contributed by atoms with E-state index >= 15 is 0 Å². The summed E-state index contributed by atoms with van der Waals surface area (Å²) in [5, 5.41) is 3.42. The first-order valence-corrected chi connectivity index (χ1v) is 8.06. The van der Waals surface area contributed by atoms with Crippen molar-refractivity contribution in [3.8, 4) is 11.5 Å². The highest BCUT2D eigenvalue weighted by Crippen LogP contribution is 2.32. The normalized spacial score (nSPS) is 17.5. The van der Waals surface area contributed by atoms with Crippen LogP contribution < -0.4 is 14.8 Å². The van der Waals surface area contributed by atoms with E-state index in [-0.39, 0.29) is 0 Å². The van der Waals surface area contributed by atoms with Crippen LogP contribution in [0, 0.1) is 0 Å². The molecule has 1 atom stereocenters. The Hall–Kier alpha value is -1.30. The van der Waals surface area contributed by atoms with Crippen LogP contribution in [0.1, 0.15) is 18.5 Å². The van der Waals surface area contributed by atoms with Gasteiger partial charge in [0.15, 0.2) is 11.5 Å². The molecule has 2 rings (SSSR count). The van der Waals surface area contributed by atoms with Crippen LogP contribution in [-0.4, -0.2) is 70.3 Å². The van der Waals surface area contributed by atoms with Crippen molar-refractivity contribution in [1.29, 1.82) is 0 Å². The molecule has 1 fully saturated rings. The maximum absolute atomic E-state index is 5.63. The molecular formula is C17H29N3O2. The maximum Gasteiger partial charge on any atom is 0.161 e. The number of hydrogen-bond acceptors (Lipinski definition) is 5. The number of methoxy groups -OCH3 is 1. The number of nitrogens with one attached hydrogen (secondary N) is 1. The van der Waals surface area contributed by atoms with Gasteiger partial charge in [0.1, 0.15) is 0 Å². The van der Waals surface area contributed by atoms with Gasteiger partial charge in [0.25, 0.3) is 0 Å². The summed E-state index contributed by atoms with van der Waals surface area (Å²) in [7, 11) is 5.95. The molecule has 0 radical (unpaired) electrons. The summed E-state index contributed by atoms with van der Waals surface area (Å²) < 4.78 is 11.1. The number of ether oxygens (including phenoxy) is 2. The van der Waals surface area contributed by atoms with Gasteiger partial charge < -0.3 is 19.7 Å². The molecule has 1 aromatic rings. The second-order valence-electron chi connectivity index (χ2n) is 5.91. The van der Waals surface area contributed by atoms with Crippen molar-refractivity contribution in [1.82, 2.24) is 15.1 Å². The average Bonchev–Trinajstić information content (AvgIpc) is 2.54. The predicted octanol–water partition coefficient (Wildman–Crippen LogP) is 1.60. The van der Waals surface area contributed by atoms with Crippen LogP contribution in [0.5, 0.6) is 11.5 Å². The molecule has 5 heteroatoms. The van der Waals surface area contributed by atoms with Crippen LogP contribution in [0.2, 0.25) is 0 Å². The molecule has 0 aromatic heterocycles. The Bertz CT molecular complexity index is 459. The minimum atomic E-state index is 0.377. The van der Waals surface area contributed by atoms with Crippen molar-refractivity contribution >= 4 is 0 Å². The Balaban J connectivity index is 2.25. The topological polar surface area (TPSA) is 37.0 Å². The standard InChI is InChI=1S/C17H29N3O2/c1-5-22-16-7-6-14(12-17(16)21-4)15(13-19(2)3)20-10-8-18-9-11-20/h6-7,12,15,18H,5,8-11,13H2,1-4H3. The van der Waals surface area contributed by atoms with Crippen LogP contribution in [0.4, 0.5) is 0 Å². The summed E-state index contributed by atoms with van der Waals surface area (Å²) in [5.41, 5.74) is 1.29. The van der Waals surface area contributed by atoms with Gasteiger partial charge in [-0.15, -0.1) is 0 Å². The first-order chi connectivity index (χ1) is 10.7. The van der Waals surface area contributed by atoms with Gasteiger partial charge in [-0.05, 0) is 38.7 Å². The van der Waals surface area contributed by atoms with Gasteiger partial charge in [0.05, 0.1) is 13.7 Å². The van der Waals surface area contributed by atoms with Crippen molar-refractivity contribution in [2.24, 2.45) is 0 Å². The molecule has 0 saturated carbocycles. The molecule has 22 heavy (non-hydrogen) atoms. The fourth-order valence-electron chi connectivity index (χ4n) is 2.94. The number of likely N-dealkylation sites (N-methyl/N-ethyl adjacent to an activating group) is 1. The Labute approximate surface area is 134 Å². The Morgan fingerprint density at radius 3 is 2.55 bits per heavy atom. The van der Waals surface area contributed by atoms with E-state index in [0.29, 0.717) is 12.6 Å². The molecule has 0 amide bonds. The van der Waals surface area contributed by atoms with E-state index in [9.17, 15) is 0 Å². The molecule has 1 aliphatic rings. The molecule has 1 unspecified atom stereocenters. The van der Waals surface area contributed by atoms with Gasteiger partial charge >= 0.3 is 0 Å². The third kappa shape index (κ3) is 4.35. The van der Waals surface area contributed by atoms with Gasteiger partial charge in [0, 0.05) is 38.8 Å². The molecule has 1 saturated heterocycles. The number of benzene rings is 1. The number of nitrogens with zero attached hydrogens (tertiary/aromatic N) is 2. The molecule has 1 N–H and O–H groups in total. The second-order valence-corrected chi connectivity index (χ2v) is 5.91. The molecule has 5 nitrogen and oxygen atoms in total. The van der Waals surface area contributed by atoms with Crippen LogP contribution in [0.25, 0.3) is 0 Å². The zero-order valence-electron chi connectivity index (χ0n) is 14.3. The molecule has 1 aromatic carbocycles. The van der Waals surface area contributed by atoms with Crippen molar-refractivity contribution in [3.05, 3.63) is 23.8 Å². The Morgan fingerprint density at radius 2 is 1.95 bits per heavy atom. The first-order valence-electron chi connectivity index (χ1n) is 8.06. The van der Waals surface area contributed by atoms with Crippen LogP contribution in [0.3, 0.4) is 0 Å². The van der Waals surface area contributed by atoms with Crippen molar-refractivity contribution < 1.29 is 9.47 Å². The summed E-state index contributed by atoms with van der Waals surface area (Å²) in [4.78, 5) is 4.79. The zero-order chi connectivity index (χ0) is 15.9. The van der Waals surface area contributed by atoms with E-state index < -0.39 is 0 Å². The molecule has 0 aliphatic carbocycles. The minimum absolute atomic E-state index is 0.377. The van der Waals surface area contributed by atoms with Crippen LogP contribution in [-0.2, 0) is 0 Å². The molecule has 124 valence electrons. The number of rotatable bonds is 7. The molecular weight excluding hydrogens is 278 g/mol. The van der Waals surface area contributed by atoms with Crippen LogP contribution >= 0.6 is 0 Å². The SMILES string of the molecule is CCOc1ccc(C(CN(C)C)N2CCNCC2)cc1OC. The zero-order valence-corrected chi connectivity index (χ0v) is 14.3. The minimum Gasteiger partial charge on any atom is -0.493 e. The van der Waals surface area contributed by atoms with Gasteiger partial charge in [-0.25, -0.2) is 0 Å². The lowest BCUT2D eigenvalue weighted by Gasteiger charge is -2.36. The summed E-state index contributed by atoms with van der Waals surface area (Å²) >= 11 is 0. The Kier molecular flexibility index (Phi) is 6.49. The van der Waals surface area contributed by atoms with Crippen LogP contribution in [0.15, 0.2) is 18.2 Å². The molecule has 0 spiro atoms. The third-order valence-corrected chi connectivity index (χ3v) is 4.00. The van der Waals surface area contributed by atoms with E-state index in [0.717, 1.165) is 44.2 Å². The quantitative estimate of drug-likeness (QED) is 0.828. The van der Waals surface area contributed by atoms with E-state index in [1.54, 1.807) is 7.11 Å². The van der Waals surface area contributed by atoms with Crippen molar-refractivity contribution in [2.45, 2.75) is 13.0 Å². The van der Waals surface area contributed by atoms with Gasteiger partial charge in [-0.1, -0.05) is 6.07 Å². The highest BCUT2D eigenvalue weighted by Gasteiger charge is 2.23. The average molecular weight is 307 g/mol. The van der Waals surface area contributed by atoms with Gasteiger partial charge in [-0.2, -0.15) is 0 Å². The first kappa shape index (κ1) is 17.1. The largest absolute Gasteiger partial charge is 0.493 e.